The van der Waals surface area contributed by atoms with E-state index in [1.807, 2.05) is 6.07 Å². The van der Waals surface area contributed by atoms with Crippen LogP contribution in [0, 0.1) is 11.3 Å². The smallest absolute Gasteiger partial charge is 0.412 e. The summed E-state index contributed by atoms with van der Waals surface area (Å²) >= 11 is 0. The largest absolute Gasteiger partial charge is 0.448 e. The van der Waals surface area contributed by atoms with Crippen molar-refractivity contribution in [1.29, 1.82) is 5.26 Å². The molecule has 0 radical (unpaired) electrons. The highest BCUT2D eigenvalue weighted by Gasteiger charge is 1.96. The van der Waals surface area contributed by atoms with Crippen LogP contribution in [0.3, 0.4) is 0 Å². The van der Waals surface area contributed by atoms with E-state index < -0.39 is 6.09 Å². The van der Waals surface area contributed by atoms with Crippen LogP contribution in [-0.2, 0) is 4.74 Å². The standard InChI is InChI=1S/C6H9N3O2/c1-8-5-9-6(10)11-4-2-3-7/h5H,2,4H2,1H3,(H,8,9,10). The van der Waals surface area contributed by atoms with Gasteiger partial charge in [0.05, 0.1) is 18.8 Å². The van der Waals surface area contributed by atoms with Crippen LogP contribution in [0.4, 0.5) is 4.79 Å². The molecule has 5 nitrogen and oxygen atoms in total. The van der Waals surface area contributed by atoms with Gasteiger partial charge in [0, 0.05) is 7.05 Å². The molecule has 1 amide bonds. The minimum Gasteiger partial charge on any atom is -0.448 e. The average molecular weight is 155 g/mol. The summed E-state index contributed by atoms with van der Waals surface area (Å²) < 4.78 is 4.52. The van der Waals surface area contributed by atoms with Crippen LogP contribution in [0.5, 0.6) is 0 Å². The summed E-state index contributed by atoms with van der Waals surface area (Å²) in [5, 5.41) is 10.3. The van der Waals surface area contributed by atoms with Crippen molar-refractivity contribution in [1.82, 2.24) is 5.32 Å². The van der Waals surface area contributed by atoms with E-state index >= 15 is 0 Å². The van der Waals surface area contributed by atoms with Crippen molar-refractivity contribution in [2.45, 2.75) is 6.42 Å². The van der Waals surface area contributed by atoms with Gasteiger partial charge in [-0.05, 0) is 0 Å². The maximum Gasteiger partial charge on any atom is 0.412 e. The van der Waals surface area contributed by atoms with Crippen LogP contribution < -0.4 is 5.32 Å². The fourth-order valence-electron chi connectivity index (χ4n) is 0.348. The van der Waals surface area contributed by atoms with Crippen LogP contribution >= 0.6 is 0 Å². The number of rotatable bonds is 3. The lowest BCUT2D eigenvalue weighted by molar-refractivity contribution is 0.154. The minimum atomic E-state index is -0.592. The maximum atomic E-state index is 10.5. The Kier molecular flexibility index (Phi) is 5.61. The number of carbonyl (C=O) groups excluding carboxylic acids is 1. The zero-order chi connectivity index (χ0) is 8.53. The van der Waals surface area contributed by atoms with Gasteiger partial charge in [0.25, 0.3) is 0 Å². The molecule has 0 heterocycles. The van der Waals surface area contributed by atoms with E-state index in [1.54, 1.807) is 0 Å². The van der Waals surface area contributed by atoms with Crippen molar-refractivity contribution in [2.75, 3.05) is 13.7 Å². The van der Waals surface area contributed by atoms with Gasteiger partial charge in [0.15, 0.2) is 0 Å². The van der Waals surface area contributed by atoms with Crippen LogP contribution in [-0.4, -0.2) is 26.1 Å². The molecule has 1 N–H and O–H groups in total. The van der Waals surface area contributed by atoms with Crippen molar-refractivity contribution in [3.8, 4) is 6.07 Å². The first kappa shape index (κ1) is 9.43. The van der Waals surface area contributed by atoms with E-state index in [0.717, 1.165) is 0 Å². The summed E-state index contributed by atoms with van der Waals surface area (Å²) in [5.74, 6) is 0. The molecule has 0 unspecified atom stereocenters. The molecular weight excluding hydrogens is 146 g/mol. The Balaban J connectivity index is 3.31. The fourth-order valence-corrected chi connectivity index (χ4v) is 0.348. The first-order chi connectivity index (χ1) is 5.31. The molecule has 0 spiro atoms. The molecule has 0 aromatic rings. The van der Waals surface area contributed by atoms with Gasteiger partial charge >= 0.3 is 6.09 Å². The molecule has 0 aromatic carbocycles. The number of ether oxygens (including phenoxy) is 1. The lowest BCUT2D eigenvalue weighted by Crippen LogP contribution is -2.22. The van der Waals surface area contributed by atoms with Gasteiger partial charge in [0.1, 0.15) is 6.61 Å². The van der Waals surface area contributed by atoms with Crippen LogP contribution in [0.25, 0.3) is 0 Å². The fraction of sp³-hybridized carbons (Fsp3) is 0.500. The van der Waals surface area contributed by atoms with E-state index in [0.29, 0.717) is 0 Å². The lowest BCUT2D eigenvalue weighted by Gasteiger charge is -1.98. The van der Waals surface area contributed by atoms with Crippen molar-refractivity contribution in [2.24, 2.45) is 4.99 Å². The maximum absolute atomic E-state index is 10.5. The second-order valence-corrected chi connectivity index (χ2v) is 1.58. The zero-order valence-corrected chi connectivity index (χ0v) is 6.20. The first-order valence-electron chi connectivity index (χ1n) is 3.02. The van der Waals surface area contributed by atoms with Gasteiger partial charge in [-0.3, -0.25) is 10.3 Å². The van der Waals surface area contributed by atoms with Gasteiger partial charge in [-0.1, -0.05) is 0 Å². The van der Waals surface area contributed by atoms with Gasteiger partial charge in [-0.25, -0.2) is 4.79 Å². The molecule has 0 aliphatic heterocycles. The number of nitrogens with zero attached hydrogens (tertiary/aromatic N) is 2. The third kappa shape index (κ3) is 6.31. The quantitative estimate of drug-likeness (QED) is 0.361. The summed E-state index contributed by atoms with van der Waals surface area (Å²) in [6, 6.07) is 1.84. The highest BCUT2D eigenvalue weighted by Crippen LogP contribution is 1.79. The van der Waals surface area contributed by atoms with Gasteiger partial charge in [-0.15, -0.1) is 0 Å². The van der Waals surface area contributed by atoms with Gasteiger partial charge in [-0.2, -0.15) is 5.26 Å². The van der Waals surface area contributed by atoms with Gasteiger partial charge in [0.2, 0.25) is 0 Å². The zero-order valence-electron chi connectivity index (χ0n) is 6.20. The molecule has 0 rings (SSSR count). The Morgan fingerprint density at radius 2 is 2.64 bits per heavy atom. The molecule has 5 heteroatoms. The molecule has 0 aliphatic carbocycles. The molecule has 0 saturated carbocycles. The van der Waals surface area contributed by atoms with Crippen LogP contribution in [0.2, 0.25) is 0 Å². The Hall–Kier alpha value is -1.57. The molecular formula is C6H9N3O2. The van der Waals surface area contributed by atoms with E-state index in [2.05, 4.69) is 15.0 Å². The third-order valence-corrected chi connectivity index (χ3v) is 0.759. The second kappa shape index (κ2) is 6.55. The van der Waals surface area contributed by atoms with Gasteiger partial charge < -0.3 is 4.74 Å². The molecule has 0 atom stereocenters. The summed E-state index contributed by atoms with van der Waals surface area (Å²) in [6.45, 7) is 0.111. The van der Waals surface area contributed by atoms with E-state index in [1.165, 1.54) is 13.4 Å². The Labute approximate surface area is 64.7 Å². The first-order valence-corrected chi connectivity index (χ1v) is 3.02. The molecule has 0 fully saturated rings. The van der Waals surface area contributed by atoms with E-state index in [-0.39, 0.29) is 13.0 Å². The van der Waals surface area contributed by atoms with Crippen molar-refractivity contribution >= 4 is 12.4 Å². The summed E-state index contributed by atoms with van der Waals surface area (Å²) in [7, 11) is 1.52. The predicted molar refractivity (Wildman–Crippen MR) is 39.1 cm³/mol. The number of hydrogen-bond donors (Lipinski definition) is 1. The Morgan fingerprint density at radius 1 is 1.91 bits per heavy atom. The number of alkyl carbamates (subject to hydrolysis) is 1. The van der Waals surface area contributed by atoms with Crippen molar-refractivity contribution in [3.63, 3.8) is 0 Å². The highest BCUT2D eigenvalue weighted by molar-refractivity contribution is 5.81. The summed E-state index contributed by atoms with van der Waals surface area (Å²) in [5.41, 5.74) is 0. The predicted octanol–water partition coefficient (Wildman–Crippen LogP) is 0.284. The van der Waals surface area contributed by atoms with Crippen molar-refractivity contribution in [3.05, 3.63) is 0 Å². The normalized spacial score (nSPS) is 9.09. The number of amides is 1. The second-order valence-electron chi connectivity index (χ2n) is 1.58. The van der Waals surface area contributed by atoms with E-state index in [4.69, 9.17) is 5.26 Å². The molecule has 0 aliphatic rings. The van der Waals surface area contributed by atoms with Crippen LogP contribution in [0.1, 0.15) is 6.42 Å². The molecule has 0 bridgehead atoms. The number of aliphatic imine (C=N–C) groups is 1. The lowest BCUT2D eigenvalue weighted by atomic mass is 10.5. The SMILES string of the molecule is CN=CNC(=O)OCCC#N. The highest BCUT2D eigenvalue weighted by atomic mass is 16.5. The molecule has 60 valence electrons. The van der Waals surface area contributed by atoms with Crippen molar-refractivity contribution < 1.29 is 9.53 Å². The topological polar surface area (TPSA) is 74.5 Å². The monoisotopic (exact) mass is 155 g/mol. The molecule has 0 aromatic heterocycles. The molecule has 11 heavy (non-hydrogen) atoms. The Morgan fingerprint density at radius 3 is 3.18 bits per heavy atom. The number of carbonyl (C=O) groups is 1. The third-order valence-electron chi connectivity index (χ3n) is 0.759. The molecule has 0 saturated heterocycles. The summed E-state index contributed by atoms with van der Waals surface area (Å²) in [4.78, 5) is 14.0. The van der Waals surface area contributed by atoms with Crippen LogP contribution in [0.15, 0.2) is 4.99 Å². The minimum absolute atomic E-state index is 0.111. The number of hydrogen-bond acceptors (Lipinski definition) is 4. The average Bonchev–Trinajstić information content (AvgIpc) is 2.01. The Bertz CT molecular complexity index is 183. The van der Waals surface area contributed by atoms with E-state index in [9.17, 15) is 4.79 Å². The summed E-state index contributed by atoms with van der Waals surface area (Å²) in [6.07, 6.45) is 0.830. The number of nitrogens with one attached hydrogen (secondary N) is 1. The number of nitriles is 1.